The Morgan fingerprint density at radius 3 is 2.47 bits per heavy atom. The standard InChI is InChI=1S/C24H19BrFN3O4S/c25-18-8-4-7-17(13-18)21-14-27-22(33-21)15-28-24(30)23(16-5-2-1-3-6-16)29-34(31,32)20-11-9-19(26)10-12-20/h1-14,23,29H,15H2,(H,28,30). The Bertz CT molecular complexity index is 1390. The molecule has 2 N–H and O–H groups in total. The summed E-state index contributed by atoms with van der Waals surface area (Å²) in [5.74, 6) is -0.373. The van der Waals surface area contributed by atoms with E-state index in [1.54, 1.807) is 36.5 Å². The van der Waals surface area contributed by atoms with Gasteiger partial charge >= 0.3 is 0 Å². The highest BCUT2D eigenvalue weighted by molar-refractivity contribution is 9.10. The molecular weight excluding hydrogens is 525 g/mol. The molecule has 1 atom stereocenters. The van der Waals surface area contributed by atoms with E-state index in [0.29, 0.717) is 11.3 Å². The van der Waals surface area contributed by atoms with Crippen LogP contribution in [0.4, 0.5) is 4.39 Å². The Balaban J connectivity index is 1.51. The molecule has 10 heteroatoms. The zero-order valence-corrected chi connectivity index (χ0v) is 20.0. The van der Waals surface area contributed by atoms with Gasteiger partial charge in [-0.3, -0.25) is 4.79 Å². The average Bonchev–Trinajstić information content (AvgIpc) is 3.31. The van der Waals surface area contributed by atoms with Crippen molar-refractivity contribution in [3.05, 3.63) is 107 Å². The third-order valence-corrected chi connectivity index (χ3v) is 6.80. The van der Waals surface area contributed by atoms with Gasteiger partial charge in [0, 0.05) is 10.0 Å². The van der Waals surface area contributed by atoms with E-state index in [1.807, 2.05) is 24.3 Å². The second-order valence-electron chi connectivity index (χ2n) is 7.27. The normalized spacial score (nSPS) is 12.3. The molecule has 4 aromatic rings. The van der Waals surface area contributed by atoms with E-state index in [9.17, 15) is 17.6 Å². The molecule has 1 unspecified atom stereocenters. The predicted octanol–water partition coefficient (Wildman–Crippen LogP) is 4.58. The highest BCUT2D eigenvalue weighted by Gasteiger charge is 2.27. The first kappa shape index (κ1) is 23.8. The Hall–Kier alpha value is -3.34. The van der Waals surface area contributed by atoms with Crippen LogP contribution in [0.5, 0.6) is 0 Å². The number of carbonyl (C=O) groups excluding carboxylic acids is 1. The largest absolute Gasteiger partial charge is 0.439 e. The fraction of sp³-hybridized carbons (Fsp3) is 0.0833. The monoisotopic (exact) mass is 543 g/mol. The summed E-state index contributed by atoms with van der Waals surface area (Å²) in [7, 11) is -4.11. The first-order chi connectivity index (χ1) is 16.3. The van der Waals surface area contributed by atoms with E-state index in [-0.39, 0.29) is 17.3 Å². The molecule has 0 saturated heterocycles. The Kier molecular flexibility index (Phi) is 7.20. The van der Waals surface area contributed by atoms with Gasteiger partial charge in [0.25, 0.3) is 0 Å². The summed E-state index contributed by atoms with van der Waals surface area (Å²) < 4.78 is 47.9. The van der Waals surface area contributed by atoms with Gasteiger partial charge < -0.3 is 9.73 Å². The predicted molar refractivity (Wildman–Crippen MR) is 127 cm³/mol. The molecule has 0 aliphatic rings. The summed E-state index contributed by atoms with van der Waals surface area (Å²) in [5, 5.41) is 2.67. The summed E-state index contributed by atoms with van der Waals surface area (Å²) in [6.07, 6.45) is 1.55. The van der Waals surface area contributed by atoms with Crippen molar-refractivity contribution in [3.63, 3.8) is 0 Å². The van der Waals surface area contributed by atoms with Gasteiger partial charge in [-0.05, 0) is 42.0 Å². The number of nitrogens with zero attached hydrogens (tertiary/aromatic N) is 1. The van der Waals surface area contributed by atoms with E-state index in [0.717, 1.165) is 34.3 Å². The number of nitrogens with one attached hydrogen (secondary N) is 2. The number of hydrogen-bond acceptors (Lipinski definition) is 5. The number of aromatic nitrogens is 1. The van der Waals surface area contributed by atoms with Crippen LogP contribution in [0, 0.1) is 5.82 Å². The zero-order valence-electron chi connectivity index (χ0n) is 17.6. The lowest BCUT2D eigenvalue weighted by atomic mass is 10.1. The van der Waals surface area contributed by atoms with Gasteiger partial charge in [-0.25, -0.2) is 17.8 Å². The molecule has 7 nitrogen and oxygen atoms in total. The SMILES string of the molecule is O=C(NCc1ncc(-c2cccc(Br)c2)o1)C(NS(=O)(=O)c1ccc(F)cc1)c1ccccc1. The maximum Gasteiger partial charge on any atom is 0.243 e. The van der Waals surface area contributed by atoms with E-state index in [4.69, 9.17) is 4.42 Å². The Morgan fingerprint density at radius 2 is 1.76 bits per heavy atom. The lowest BCUT2D eigenvalue weighted by Crippen LogP contribution is -2.40. The fourth-order valence-electron chi connectivity index (χ4n) is 3.19. The van der Waals surface area contributed by atoms with E-state index < -0.39 is 27.8 Å². The molecule has 34 heavy (non-hydrogen) atoms. The van der Waals surface area contributed by atoms with Crippen molar-refractivity contribution >= 4 is 31.9 Å². The molecule has 1 amide bonds. The molecule has 0 aliphatic carbocycles. The minimum atomic E-state index is -4.11. The van der Waals surface area contributed by atoms with Crippen LogP contribution in [0.25, 0.3) is 11.3 Å². The van der Waals surface area contributed by atoms with E-state index in [1.165, 1.54) is 0 Å². The van der Waals surface area contributed by atoms with E-state index in [2.05, 4.69) is 31.0 Å². The van der Waals surface area contributed by atoms with Crippen molar-refractivity contribution in [3.8, 4) is 11.3 Å². The second-order valence-corrected chi connectivity index (χ2v) is 9.89. The lowest BCUT2D eigenvalue weighted by Gasteiger charge is -2.18. The number of halogens is 2. The summed E-state index contributed by atoms with van der Waals surface area (Å²) >= 11 is 3.40. The zero-order chi connectivity index (χ0) is 24.1. The van der Waals surface area contributed by atoms with E-state index >= 15 is 0 Å². The van der Waals surface area contributed by atoms with Crippen molar-refractivity contribution < 1.29 is 22.0 Å². The molecule has 1 heterocycles. The molecule has 0 aliphatic heterocycles. The number of benzene rings is 3. The van der Waals surface area contributed by atoms with Gasteiger partial charge in [-0.2, -0.15) is 4.72 Å². The summed E-state index contributed by atoms with van der Waals surface area (Å²) in [6.45, 7) is -0.0472. The second kappa shape index (κ2) is 10.3. The van der Waals surface area contributed by atoms with Gasteiger partial charge in [0.05, 0.1) is 17.6 Å². The number of rotatable bonds is 8. The minimum absolute atomic E-state index is 0.0472. The van der Waals surface area contributed by atoms with Crippen LogP contribution in [0.3, 0.4) is 0 Å². The highest BCUT2D eigenvalue weighted by Crippen LogP contribution is 2.24. The Morgan fingerprint density at radius 1 is 1.03 bits per heavy atom. The quantitative estimate of drug-likeness (QED) is 0.338. The van der Waals surface area contributed by atoms with Gasteiger partial charge in [0.2, 0.25) is 21.8 Å². The van der Waals surface area contributed by atoms with Crippen LogP contribution in [-0.2, 0) is 21.4 Å². The molecule has 3 aromatic carbocycles. The van der Waals surface area contributed by atoms with Gasteiger partial charge in [-0.1, -0.05) is 58.4 Å². The third kappa shape index (κ3) is 5.77. The molecule has 0 spiro atoms. The molecule has 0 saturated carbocycles. The molecule has 0 bridgehead atoms. The van der Waals surface area contributed by atoms with Crippen LogP contribution in [0.1, 0.15) is 17.5 Å². The molecule has 4 rings (SSSR count). The molecule has 174 valence electrons. The van der Waals surface area contributed by atoms with Crippen LogP contribution in [-0.4, -0.2) is 19.3 Å². The maximum absolute atomic E-state index is 13.2. The average molecular weight is 544 g/mol. The molecular formula is C24H19BrFN3O4S. The van der Waals surface area contributed by atoms with Crippen LogP contribution in [0.2, 0.25) is 0 Å². The molecule has 1 aromatic heterocycles. The van der Waals surface area contributed by atoms with Crippen LogP contribution >= 0.6 is 15.9 Å². The smallest absolute Gasteiger partial charge is 0.243 e. The molecule has 0 radical (unpaired) electrons. The summed E-state index contributed by atoms with van der Waals surface area (Å²) in [5.41, 5.74) is 1.25. The minimum Gasteiger partial charge on any atom is -0.439 e. The van der Waals surface area contributed by atoms with Crippen molar-refractivity contribution in [2.24, 2.45) is 0 Å². The topological polar surface area (TPSA) is 101 Å². The van der Waals surface area contributed by atoms with Gasteiger partial charge in [0.1, 0.15) is 11.9 Å². The Labute approximate surface area is 204 Å². The number of carbonyl (C=O) groups is 1. The fourth-order valence-corrected chi connectivity index (χ4v) is 4.77. The third-order valence-electron chi connectivity index (χ3n) is 4.87. The van der Waals surface area contributed by atoms with Gasteiger partial charge in [0.15, 0.2) is 5.76 Å². The first-order valence-electron chi connectivity index (χ1n) is 10.1. The van der Waals surface area contributed by atoms with Crippen molar-refractivity contribution in [1.82, 2.24) is 15.0 Å². The number of sulfonamides is 1. The summed E-state index contributed by atoms with van der Waals surface area (Å²) in [6, 6.07) is 19.0. The van der Waals surface area contributed by atoms with Crippen molar-refractivity contribution in [2.45, 2.75) is 17.5 Å². The highest BCUT2D eigenvalue weighted by atomic mass is 79.9. The number of amides is 1. The van der Waals surface area contributed by atoms with Crippen LogP contribution < -0.4 is 10.0 Å². The van der Waals surface area contributed by atoms with Crippen molar-refractivity contribution in [1.29, 1.82) is 0 Å². The van der Waals surface area contributed by atoms with Gasteiger partial charge in [-0.15, -0.1) is 0 Å². The number of oxazole rings is 1. The maximum atomic E-state index is 13.2. The van der Waals surface area contributed by atoms with Crippen LogP contribution in [0.15, 0.2) is 98.8 Å². The van der Waals surface area contributed by atoms with Crippen molar-refractivity contribution in [2.75, 3.05) is 0 Å². The first-order valence-corrected chi connectivity index (χ1v) is 12.4. The number of hydrogen-bond donors (Lipinski definition) is 2. The lowest BCUT2D eigenvalue weighted by molar-refractivity contribution is -0.123. The molecule has 0 fully saturated rings. The summed E-state index contributed by atoms with van der Waals surface area (Å²) in [4.78, 5) is 17.1.